The van der Waals surface area contributed by atoms with Crippen molar-refractivity contribution in [1.82, 2.24) is 0 Å². The number of amides is 1. The zero-order chi connectivity index (χ0) is 38.3. The van der Waals surface area contributed by atoms with Crippen molar-refractivity contribution in [2.75, 3.05) is 5.32 Å². The second-order valence-electron chi connectivity index (χ2n) is 18.5. The minimum Gasteiger partial charge on any atom is -0.444 e. The van der Waals surface area contributed by atoms with E-state index in [1.54, 1.807) is 0 Å². The Kier molecular flexibility index (Phi) is 10.8. The summed E-state index contributed by atoms with van der Waals surface area (Å²) in [4.78, 5) is 13.3. The SMILES string of the molecule is C=CC1=C(C=CCC(C)(CC)CCCC(C)C)c2ccc(C3(CC)CC3CC(C)C)cc2C12c1ccccc1-c1c(NC(=O)OC(C)(C)C)cccc12. The molecule has 1 N–H and O–H groups in total. The summed E-state index contributed by atoms with van der Waals surface area (Å²) in [5.74, 6) is 2.14. The lowest BCUT2D eigenvalue weighted by Crippen LogP contribution is -2.28. The van der Waals surface area contributed by atoms with Gasteiger partial charge in [-0.15, -0.1) is 0 Å². The molecule has 282 valence electrons. The third-order valence-electron chi connectivity index (χ3n) is 12.8. The number of carbonyl (C=O) groups is 1. The van der Waals surface area contributed by atoms with E-state index in [0.717, 1.165) is 42.0 Å². The lowest BCUT2D eigenvalue weighted by molar-refractivity contribution is 0.0636. The summed E-state index contributed by atoms with van der Waals surface area (Å²) in [7, 11) is 0. The van der Waals surface area contributed by atoms with Crippen LogP contribution in [-0.2, 0) is 15.6 Å². The van der Waals surface area contributed by atoms with Gasteiger partial charge in [-0.3, -0.25) is 5.32 Å². The van der Waals surface area contributed by atoms with E-state index in [4.69, 9.17) is 4.74 Å². The molecule has 3 aromatic carbocycles. The third kappa shape index (κ3) is 7.10. The fraction of sp³-hybridized carbons (Fsp3) is 0.500. The Hall–Kier alpha value is -3.85. The summed E-state index contributed by atoms with van der Waals surface area (Å²) in [6, 6.07) is 22.6. The second kappa shape index (κ2) is 14.8. The summed E-state index contributed by atoms with van der Waals surface area (Å²) in [5.41, 5.74) is 11.3. The van der Waals surface area contributed by atoms with E-state index in [2.05, 4.69) is 133 Å². The van der Waals surface area contributed by atoms with Crippen molar-refractivity contribution in [1.29, 1.82) is 0 Å². The van der Waals surface area contributed by atoms with Crippen LogP contribution in [0.2, 0.25) is 0 Å². The van der Waals surface area contributed by atoms with Crippen LogP contribution in [0.5, 0.6) is 0 Å². The Balaban J connectivity index is 1.55. The average Bonchev–Trinajstić information content (AvgIpc) is 3.62. The molecule has 4 unspecified atom stereocenters. The molecule has 3 aliphatic carbocycles. The molecule has 0 heterocycles. The van der Waals surface area contributed by atoms with Gasteiger partial charge in [-0.2, -0.15) is 0 Å². The maximum Gasteiger partial charge on any atom is 0.412 e. The molecule has 0 aromatic heterocycles. The Morgan fingerprint density at radius 2 is 1.68 bits per heavy atom. The highest BCUT2D eigenvalue weighted by molar-refractivity contribution is 6.03. The van der Waals surface area contributed by atoms with Crippen LogP contribution in [-0.4, -0.2) is 11.7 Å². The van der Waals surface area contributed by atoms with E-state index in [1.807, 2.05) is 26.8 Å². The lowest BCUT2D eigenvalue weighted by Gasteiger charge is -2.32. The molecule has 1 fully saturated rings. The van der Waals surface area contributed by atoms with Gasteiger partial charge in [0.15, 0.2) is 0 Å². The molecule has 0 radical (unpaired) electrons. The van der Waals surface area contributed by atoms with Gasteiger partial charge in [0, 0.05) is 5.56 Å². The Morgan fingerprint density at radius 3 is 2.34 bits per heavy atom. The van der Waals surface area contributed by atoms with Crippen LogP contribution in [0.15, 0.2) is 91.0 Å². The summed E-state index contributed by atoms with van der Waals surface area (Å²) < 4.78 is 5.76. The van der Waals surface area contributed by atoms with Crippen LogP contribution >= 0.6 is 0 Å². The molecule has 1 spiro atoms. The third-order valence-corrected chi connectivity index (χ3v) is 12.8. The summed E-state index contributed by atoms with van der Waals surface area (Å²) in [6.45, 7) is 26.8. The van der Waals surface area contributed by atoms with Gasteiger partial charge in [-0.25, -0.2) is 4.79 Å². The number of hydrogen-bond donors (Lipinski definition) is 1. The first-order valence-electron chi connectivity index (χ1n) is 20.6. The van der Waals surface area contributed by atoms with E-state index < -0.39 is 17.1 Å². The van der Waals surface area contributed by atoms with Gasteiger partial charge < -0.3 is 4.74 Å². The number of benzene rings is 3. The van der Waals surface area contributed by atoms with Crippen LogP contribution in [0.25, 0.3) is 16.7 Å². The normalized spacial score (nSPS) is 22.7. The van der Waals surface area contributed by atoms with Gasteiger partial charge in [-0.1, -0.05) is 147 Å². The Labute approximate surface area is 321 Å². The number of anilines is 1. The van der Waals surface area contributed by atoms with Crippen molar-refractivity contribution in [3.63, 3.8) is 0 Å². The first kappa shape index (κ1) is 38.9. The van der Waals surface area contributed by atoms with E-state index in [9.17, 15) is 4.79 Å². The molecule has 0 bridgehead atoms. The molecule has 3 nitrogen and oxygen atoms in total. The molecule has 0 saturated heterocycles. The molecule has 53 heavy (non-hydrogen) atoms. The molecular formula is C50H65NO2. The fourth-order valence-corrected chi connectivity index (χ4v) is 9.83. The number of rotatable bonds is 14. The van der Waals surface area contributed by atoms with E-state index in [-0.39, 0.29) is 10.8 Å². The van der Waals surface area contributed by atoms with Gasteiger partial charge in [0.1, 0.15) is 5.60 Å². The van der Waals surface area contributed by atoms with Crippen LogP contribution < -0.4 is 5.32 Å². The maximum atomic E-state index is 13.3. The molecule has 0 aliphatic heterocycles. The predicted octanol–water partition coefficient (Wildman–Crippen LogP) is 14.2. The zero-order valence-corrected chi connectivity index (χ0v) is 34.4. The Morgan fingerprint density at radius 1 is 0.943 bits per heavy atom. The van der Waals surface area contributed by atoms with Gasteiger partial charge in [0.05, 0.1) is 11.1 Å². The lowest BCUT2D eigenvalue weighted by atomic mass is 9.69. The predicted molar refractivity (Wildman–Crippen MR) is 226 cm³/mol. The van der Waals surface area contributed by atoms with Gasteiger partial charge in [-0.05, 0) is 132 Å². The summed E-state index contributed by atoms with van der Waals surface area (Å²) in [6.07, 6.45) is 16.2. The highest BCUT2D eigenvalue weighted by atomic mass is 16.6. The molecule has 3 aromatic rings. The molecule has 3 heteroatoms. The quantitative estimate of drug-likeness (QED) is 0.181. The topological polar surface area (TPSA) is 38.3 Å². The molecule has 1 saturated carbocycles. The van der Waals surface area contributed by atoms with Gasteiger partial charge in [0.2, 0.25) is 0 Å². The van der Waals surface area contributed by atoms with Crippen molar-refractivity contribution in [2.24, 2.45) is 23.2 Å². The number of allylic oxidation sites excluding steroid dienone is 5. The van der Waals surface area contributed by atoms with Crippen molar-refractivity contribution in [3.8, 4) is 11.1 Å². The first-order valence-corrected chi connectivity index (χ1v) is 20.6. The van der Waals surface area contributed by atoms with Gasteiger partial charge in [0.25, 0.3) is 0 Å². The second-order valence-corrected chi connectivity index (χ2v) is 18.5. The molecule has 3 aliphatic rings. The number of ether oxygens (including phenoxy) is 1. The zero-order valence-electron chi connectivity index (χ0n) is 34.4. The monoisotopic (exact) mass is 712 g/mol. The molecular weight excluding hydrogens is 647 g/mol. The number of hydrogen-bond acceptors (Lipinski definition) is 2. The van der Waals surface area contributed by atoms with E-state index >= 15 is 0 Å². The summed E-state index contributed by atoms with van der Waals surface area (Å²) >= 11 is 0. The van der Waals surface area contributed by atoms with Crippen molar-refractivity contribution < 1.29 is 9.53 Å². The smallest absolute Gasteiger partial charge is 0.412 e. The van der Waals surface area contributed by atoms with Crippen LogP contribution in [0.1, 0.15) is 148 Å². The number of carbonyl (C=O) groups excluding carboxylic acids is 1. The minimum atomic E-state index is -0.601. The Bertz CT molecular complexity index is 1920. The van der Waals surface area contributed by atoms with Crippen molar-refractivity contribution >= 4 is 17.4 Å². The van der Waals surface area contributed by atoms with Crippen LogP contribution in [0.4, 0.5) is 10.5 Å². The van der Waals surface area contributed by atoms with E-state index in [0.29, 0.717) is 11.8 Å². The number of fused-ring (bicyclic) bond motifs is 7. The first-order chi connectivity index (χ1) is 25.1. The highest BCUT2D eigenvalue weighted by Crippen LogP contribution is 2.65. The summed E-state index contributed by atoms with van der Waals surface area (Å²) in [5, 5.41) is 3.16. The van der Waals surface area contributed by atoms with Crippen molar-refractivity contribution in [2.45, 2.75) is 137 Å². The van der Waals surface area contributed by atoms with Crippen LogP contribution in [0, 0.1) is 23.2 Å². The largest absolute Gasteiger partial charge is 0.444 e. The minimum absolute atomic E-state index is 0.216. The van der Waals surface area contributed by atoms with Gasteiger partial charge >= 0.3 is 6.09 Å². The van der Waals surface area contributed by atoms with Crippen LogP contribution in [0.3, 0.4) is 0 Å². The van der Waals surface area contributed by atoms with Crippen molar-refractivity contribution in [3.05, 3.63) is 119 Å². The molecule has 6 rings (SSSR count). The highest BCUT2D eigenvalue weighted by Gasteiger charge is 2.56. The fourth-order valence-electron chi connectivity index (χ4n) is 9.83. The standard InChI is InChI=1S/C50H65NO2/c1-12-40-37(22-19-29-48(11,13-2)28-18-20-33(4)5)38-27-26-35(49(14-3)32-36(49)30-34(6)7)31-43(38)50(40)41-23-16-15-21-39(41)45-42(50)24-17-25-44(45)51-46(52)53-47(8,9)10/h12,15-17,19,21-27,31,33-34,36H,1,13-14,18,20,28-30,32H2,2-11H3,(H,51,52). The maximum absolute atomic E-state index is 13.3. The molecule has 1 amide bonds. The number of nitrogens with one attached hydrogen (secondary N) is 1. The van der Waals surface area contributed by atoms with E-state index in [1.165, 1.54) is 71.1 Å². The molecule has 4 atom stereocenters. The average molecular weight is 712 g/mol.